The van der Waals surface area contributed by atoms with Crippen molar-refractivity contribution in [1.29, 1.82) is 0 Å². The molecule has 1 amide bonds. The molecular weight excluding hydrogens is 358 g/mol. The van der Waals surface area contributed by atoms with Gasteiger partial charge in [0.05, 0.1) is 18.3 Å². The zero-order valence-electron chi connectivity index (χ0n) is 16.1. The average Bonchev–Trinajstić information content (AvgIpc) is 3.31. The van der Waals surface area contributed by atoms with Gasteiger partial charge in [0.1, 0.15) is 0 Å². The van der Waals surface area contributed by atoms with Gasteiger partial charge in [-0.15, -0.1) is 0 Å². The van der Waals surface area contributed by atoms with Gasteiger partial charge >= 0.3 is 5.97 Å². The molecule has 0 fully saturated rings. The molecule has 0 spiro atoms. The second-order valence-corrected chi connectivity index (χ2v) is 6.56. The van der Waals surface area contributed by atoms with Gasteiger partial charge in [-0.05, 0) is 44.5 Å². The molecule has 0 bridgehead atoms. The van der Waals surface area contributed by atoms with Crippen LogP contribution in [0.5, 0.6) is 0 Å². The Kier molecular flexibility index (Phi) is 5.88. The Morgan fingerprint density at radius 3 is 2.71 bits per heavy atom. The van der Waals surface area contributed by atoms with Gasteiger partial charge in [0.15, 0.2) is 5.69 Å². The number of nitrogens with zero attached hydrogens (tertiary/aromatic N) is 4. The Morgan fingerprint density at radius 2 is 2.04 bits per heavy atom. The lowest BCUT2D eigenvalue weighted by molar-refractivity contribution is 0.0371. The molecule has 1 aromatic carbocycles. The second-order valence-electron chi connectivity index (χ2n) is 6.56. The quantitative estimate of drug-likeness (QED) is 0.636. The van der Waals surface area contributed by atoms with Crippen LogP contribution in [-0.2, 0) is 17.8 Å². The molecule has 0 aliphatic heterocycles. The molecule has 1 N–H and O–H groups in total. The summed E-state index contributed by atoms with van der Waals surface area (Å²) in [5, 5.41) is 11.2. The summed E-state index contributed by atoms with van der Waals surface area (Å²) in [7, 11) is 0. The van der Waals surface area contributed by atoms with E-state index in [0.717, 1.165) is 5.56 Å². The van der Waals surface area contributed by atoms with E-state index >= 15 is 0 Å². The van der Waals surface area contributed by atoms with Gasteiger partial charge in [0.2, 0.25) is 0 Å². The van der Waals surface area contributed by atoms with E-state index in [4.69, 9.17) is 4.74 Å². The van der Waals surface area contributed by atoms with E-state index in [1.165, 1.54) is 0 Å². The van der Waals surface area contributed by atoms with Crippen LogP contribution >= 0.6 is 0 Å². The first kappa shape index (κ1) is 19.3. The molecule has 2 aromatic heterocycles. The second kappa shape index (κ2) is 8.51. The fraction of sp³-hybridized carbons (Fsp3) is 0.300. The molecule has 0 saturated carbocycles. The lowest BCUT2D eigenvalue weighted by Gasteiger charge is -2.09. The Morgan fingerprint density at radius 1 is 1.21 bits per heavy atom. The minimum Gasteiger partial charge on any atom is -0.458 e. The SMILES string of the molecule is CCn1cc(NC(=O)c2cccc(Cn3cccn3)c2)c(C(=O)OC(C)C)n1. The van der Waals surface area contributed by atoms with Crippen LogP contribution in [0.25, 0.3) is 0 Å². The van der Waals surface area contributed by atoms with E-state index in [9.17, 15) is 9.59 Å². The van der Waals surface area contributed by atoms with E-state index < -0.39 is 5.97 Å². The summed E-state index contributed by atoms with van der Waals surface area (Å²) in [6.45, 7) is 6.55. The zero-order valence-corrected chi connectivity index (χ0v) is 16.1. The number of rotatable bonds is 7. The van der Waals surface area contributed by atoms with Crippen molar-refractivity contribution in [3.05, 3.63) is 65.7 Å². The van der Waals surface area contributed by atoms with Crippen molar-refractivity contribution in [2.75, 3.05) is 5.32 Å². The number of carbonyl (C=O) groups excluding carboxylic acids is 2. The van der Waals surface area contributed by atoms with Crippen LogP contribution < -0.4 is 5.32 Å². The molecule has 0 aliphatic carbocycles. The van der Waals surface area contributed by atoms with Crippen molar-refractivity contribution in [2.24, 2.45) is 0 Å². The first-order chi connectivity index (χ1) is 13.5. The van der Waals surface area contributed by atoms with E-state index in [-0.39, 0.29) is 17.7 Å². The van der Waals surface area contributed by atoms with Crippen LogP contribution in [0.15, 0.2) is 48.9 Å². The topological polar surface area (TPSA) is 91.0 Å². The highest BCUT2D eigenvalue weighted by atomic mass is 16.5. The molecule has 0 aliphatic rings. The molecule has 0 atom stereocenters. The van der Waals surface area contributed by atoms with Crippen LogP contribution in [-0.4, -0.2) is 37.5 Å². The lowest BCUT2D eigenvalue weighted by Crippen LogP contribution is -2.17. The molecule has 146 valence electrons. The largest absolute Gasteiger partial charge is 0.458 e. The number of hydrogen-bond acceptors (Lipinski definition) is 5. The summed E-state index contributed by atoms with van der Waals surface area (Å²) in [5.41, 5.74) is 1.85. The molecule has 0 radical (unpaired) electrons. The molecule has 8 nitrogen and oxygen atoms in total. The molecule has 0 saturated heterocycles. The van der Waals surface area contributed by atoms with Crippen LogP contribution in [0.2, 0.25) is 0 Å². The predicted molar refractivity (Wildman–Crippen MR) is 104 cm³/mol. The highest BCUT2D eigenvalue weighted by Crippen LogP contribution is 2.18. The Balaban J connectivity index is 1.79. The molecule has 3 rings (SSSR count). The molecule has 0 unspecified atom stereocenters. The number of ether oxygens (including phenoxy) is 1. The van der Waals surface area contributed by atoms with E-state index in [1.807, 2.05) is 31.3 Å². The molecule has 28 heavy (non-hydrogen) atoms. The van der Waals surface area contributed by atoms with E-state index in [0.29, 0.717) is 24.3 Å². The minimum absolute atomic E-state index is 0.0941. The van der Waals surface area contributed by atoms with Crippen molar-refractivity contribution in [2.45, 2.75) is 40.0 Å². The highest BCUT2D eigenvalue weighted by Gasteiger charge is 2.21. The van der Waals surface area contributed by atoms with Crippen molar-refractivity contribution in [1.82, 2.24) is 19.6 Å². The monoisotopic (exact) mass is 381 g/mol. The molecule has 2 heterocycles. The molecular formula is C20H23N5O3. The summed E-state index contributed by atoms with van der Waals surface area (Å²) in [6.07, 6.45) is 4.92. The third-order valence-electron chi connectivity index (χ3n) is 3.96. The van der Waals surface area contributed by atoms with Gasteiger partial charge in [-0.1, -0.05) is 12.1 Å². The van der Waals surface area contributed by atoms with Crippen molar-refractivity contribution in [3.63, 3.8) is 0 Å². The average molecular weight is 381 g/mol. The van der Waals surface area contributed by atoms with Crippen LogP contribution in [0.4, 0.5) is 5.69 Å². The van der Waals surface area contributed by atoms with Gasteiger partial charge in [-0.2, -0.15) is 10.2 Å². The van der Waals surface area contributed by atoms with Crippen LogP contribution in [0.1, 0.15) is 47.2 Å². The summed E-state index contributed by atoms with van der Waals surface area (Å²) in [5.74, 6) is -0.888. The maximum atomic E-state index is 12.7. The third kappa shape index (κ3) is 4.64. The van der Waals surface area contributed by atoms with Crippen LogP contribution in [0, 0.1) is 0 Å². The Bertz CT molecular complexity index is 960. The number of nitrogens with one attached hydrogen (secondary N) is 1. The van der Waals surface area contributed by atoms with Gasteiger partial charge in [-0.25, -0.2) is 4.79 Å². The van der Waals surface area contributed by atoms with E-state index in [1.54, 1.807) is 47.7 Å². The number of hydrogen-bond donors (Lipinski definition) is 1. The Labute approximate surface area is 163 Å². The fourth-order valence-electron chi connectivity index (χ4n) is 2.68. The smallest absolute Gasteiger partial charge is 0.361 e. The maximum Gasteiger partial charge on any atom is 0.361 e. The number of aromatic nitrogens is 4. The predicted octanol–water partition coefficient (Wildman–Crippen LogP) is 2.97. The van der Waals surface area contributed by atoms with Gasteiger partial charge in [-0.3, -0.25) is 14.2 Å². The van der Waals surface area contributed by atoms with Gasteiger partial charge in [0, 0.05) is 30.7 Å². The zero-order chi connectivity index (χ0) is 20.1. The number of esters is 1. The van der Waals surface area contributed by atoms with Crippen molar-refractivity contribution >= 4 is 17.6 Å². The standard InChI is InChI=1S/C20H23N5O3/c1-4-24-13-17(18(23-24)20(27)28-14(2)3)22-19(26)16-8-5-7-15(11-16)12-25-10-6-9-21-25/h5-11,13-14H,4,12H2,1-3H3,(H,22,26). The Hall–Kier alpha value is -3.42. The molecule has 8 heteroatoms. The lowest BCUT2D eigenvalue weighted by atomic mass is 10.1. The minimum atomic E-state index is -0.565. The number of benzene rings is 1. The van der Waals surface area contributed by atoms with Gasteiger partial charge in [0.25, 0.3) is 5.91 Å². The number of amides is 1. The summed E-state index contributed by atoms with van der Waals surface area (Å²) < 4.78 is 8.59. The molecule has 3 aromatic rings. The summed E-state index contributed by atoms with van der Waals surface area (Å²) in [6, 6.07) is 9.11. The van der Waals surface area contributed by atoms with E-state index in [2.05, 4.69) is 15.5 Å². The highest BCUT2D eigenvalue weighted by molar-refractivity contribution is 6.07. The maximum absolute atomic E-state index is 12.7. The third-order valence-corrected chi connectivity index (χ3v) is 3.96. The number of anilines is 1. The van der Waals surface area contributed by atoms with Crippen molar-refractivity contribution < 1.29 is 14.3 Å². The number of aryl methyl sites for hydroxylation is 1. The number of carbonyl (C=O) groups is 2. The normalized spacial score (nSPS) is 10.9. The van der Waals surface area contributed by atoms with Crippen LogP contribution in [0.3, 0.4) is 0 Å². The van der Waals surface area contributed by atoms with Crippen molar-refractivity contribution in [3.8, 4) is 0 Å². The summed E-state index contributed by atoms with van der Waals surface area (Å²) in [4.78, 5) is 25.0. The fourth-order valence-corrected chi connectivity index (χ4v) is 2.68. The first-order valence-corrected chi connectivity index (χ1v) is 9.12. The van der Waals surface area contributed by atoms with Gasteiger partial charge < -0.3 is 10.1 Å². The first-order valence-electron chi connectivity index (χ1n) is 9.12. The summed E-state index contributed by atoms with van der Waals surface area (Å²) >= 11 is 0.